The minimum absolute atomic E-state index is 0.499. The molecule has 1 aromatic heterocycles. The third-order valence-corrected chi connectivity index (χ3v) is 4.93. The summed E-state index contributed by atoms with van der Waals surface area (Å²) >= 11 is 0. The highest BCUT2D eigenvalue weighted by Gasteiger charge is 2.18. The molecule has 21 heavy (non-hydrogen) atoms. The van der Waals surface area contributed by atoms with Gasteiger partial charge in [0.1, 0.15) is 0 Å². The van der Waals surface area contributed by atoms with E-state index in [0.29, 0.717) is 12.1 Å². The average molecular weight is 291 g/mol. The number of hydrogen-bond acceptors (Lipinski definition) is 3. The van der Waals surface area contributed by atoms with E-state index < -0.39 is 0 Å². The highest BCUT2D eigenvalue weighted by molar-refractivity contribution is 5.26. The molecule has 118 valence electrons. The van der Waals surface area contributed by atoms with Crippen LogP contribution in [0.15, 0.2) is 12.4 Å². The summed E-state index contributed by atoms with van der Waals surface area (Å²) in [6.07, 6.45) is 17.8. The molecule has 4 heteroatoms. The van der Waals surface area contributed by atoms with E-state index in [1.54, 1.807) is 0 Å². The number of ether oxygens (including phenoxy) is 1. The van der Waals surface area contributed by atoms with E-state index in [0.717, 1.165) is 19.1 Å². The lowest BCUT2D eigenvalue weighted by atomic mass is 9.95. The third-order valence-electron chi connectivity index (χ3n) is 4.93. The maximum atomic E-state index is 5.97. The molecule has 2 aliphatic rings. The van der Waals surface area contributed by atoms with Crippen LogP contribution in [0, 0.1) is 0 Å². The molecule has 1 heterocycles. The molecule has 0 radical (unpaired) electrons. The van der Waals surface area contributed by atoms with Crippen LogP contribution in [-0.4, -0.2) is 28.8 Å². The fraction of sp³-hybridized carbons (Fsp3) is 0.824. The van der Waals surface area contributed by atoms with Gasteiger partial charge in [0.05, 0.1) is 12.7 Å². The second-order valence-corrected chi connectivity index (χ2v) is 6.51. The summed E-state index contributed by atoms with van der Waals surface area (Å²) in [5.41, 5.74) is 0. The van der Waals surface area contributed by atoms with Crippen molar-refractivity contribution >= 4 is 5.95 Å². The SMILES string of the molecule is c1cn(C2CCCCC2)c(NCCOC2CCCCC2)n1. The lowest BCUT2D eigenvalue weighted by molar-refractivity contribution is 0.0346. The van der Waals surface area contributed by atoms with E-state index in [9.17, 15) is 0 Å². The second kappa shape index (κ2) is 7.83. The topological polar surface area (TPSA) is 39.1 Å². The van der Waals surface area contributed by atoms with Gasteiger partial charge in [0, 0.05) is 25.0 Å². The Balaban J connectivity index is 1.41. The zero-order valence-corrected chi connectivity index (χ0v) is 13.1. The Bertz CT molecular complexity index is 406. The van der Waals surface area contributed by atoms with Gasteiger partial charge in [0.15, 0.2) is 0 Å². The van der Waals surface area contributed by atoms with Gasteiger partial charge in [-0.05, 0) is 25.7 Å². The van der Waals surface area contributed by atoms with Crippen molar-refractivity contribution in [1.82, 2.24) is 9.55 Å². The summed E-state index contributed by atoms with van der Waals surface area (Å²) in [6.45, 7) is 1.66. The monoisotopic (exact) mass is 291 g/mol. The Morgan fingerprint density at radius 2 is 1.76 bits per heavy atom. The lowest BCUT2D eigenvalue weighted by Crippen LogP contribution is -2.22. The molecule has 2 fully saturated rings. The van der Waals surface area contributed by atoms with Gasteiger partial charge in [-0.2, -0.15) is 0 Å². The van der Waals surface area contributed by atoms with Crippen LogP contribution in [0.2, 0.25) is 0 Å². The van der Waals surface area contributed by atoms with Crippen molar-refractivity contribution < 1.29 is 4.74 Å². The van der Waals surface area contributed by atoms with E-state index in [-0.39, 0.29) is 0 Å². The first-order valence-corrected chi connectivity index (χ1v) is 8.82. The molecular formula is C17H29N3O. The van der Waals surface area contributed by atoms with Gasteiger partial charge in [-0.1, -0.05) is 38.5 Å². The number of imidazole rings is 1. The van der Waals surface area contributed by atoms with E-state index >= 15 is 0 Å². The highest BCUT2D eigenvalue weighted by atomic mass is 16.5. The summed E-state index contributed by atoms with van der Waals surface area (Å²) in [5, 5.41) is 3.46. The van der Waals surface area contributed by atoms with Crippen LogP contribution in [0.3, 0.4) is 0 Å². The van der Waals surface area contributed by atoms with Crippen LogP contribution in [0.25, 0.3) is 0 Å². The van der Waals surface area contributed by atoms with Crippen LogP contribution in [-0.2, 0) is 4.74 Å². The molecule has 3 rings (SSSR count). The number of aromatic nitrogens is 2. The van der Waals surface area contributed by atoms with Crippen LogP contribution in [0.5, 0.6) is 0 Å². The van der Waals surface area contributed by atoms with E-state index in [1.807, 2.05) is 6.20 Å². The van der Waals surface area contributed by atoms with Crippen molar-refractivity contribution in [2.75, 3.05) is 18.5 Å². The van der Waals surface area contributed by atoms with Gasteiger partial charge in [0.25, 0.3) is 0 Å². The van der Waals surface area contributed by atoms with Gasteiger partial charge in [-0.25, -0.2) is 4.98 Å². The first-order chi connectivity index (χ1) is 10.4. The Morgan fingerprint density at radius 3 is 2.52 bits per heavy atom. The van der Waals surface area contributed by atoms with E-state index in [1.165, 1.54) is 64.2 Å². The van der Waals surface area contributed by atoms with Crippen molar-refractivity contribution in [3.05, 3.63) is 12.4 Å². The first kappa shape index (κ1) is 14.9. The van der Waals surface area contributed by atoms with Gasteiger partial charge in [-0.15, -0.1) is 0 Å². The molecule has 4 nitrogen and oxygen atoms in total. The summed E-state index contributed by atoms with van der Waals surface area (Å²) in [6, 6.07) is 0.642. The molecule has 0 bridgehead atoms. The fourth-order valence-electron chi connectivity index (χ4n) is 3.72. The number of rotatable bonds is 6. The van der Waals surface area contributed by atoms with Crippen molar-refractivity contribution in [2.45, 2.75) is 76.4 Å². The minimum atomic E-state index is 0.499. The molecule has 0 aromatic carbocycles. The Hall–Kier alpha value is -1.03. The maximum absolute atomic E-state index is 5.97. The Kier molecular flexibility index (Phi) is 5.55. The predicted molar refractivity (Wildman–Crippen MR) is 85.7 cm³/mol. The standard InChI is InChI=1S/C17H29N3O/c1-3-7-15(8-4-1)20-13-11-18-17(20)19-12-14-21-16-9-5-2-6-10-16/h11,13,15-16H,1-10,12,14H2,(H,18,19). The molecule has 0 saturated heterocycles. The number of nitrogens with one attached hydrogen (secondary N) is 1. The lowest BCUT2D eigenvalue weighted by Gasteiger charge is -2.25. The van der Waals surface area contributed by atoms with Crippen molar-refractivity contribution in [2.24, 2.45) is 0 Å². The van der Waals surface area contributed by atoms with E-state index in [2.05, 4.69) is 21.1 Å². The van der Waals surface area contributed by atoms with Crippen LogP contribution in [0.1, 0.15) is 70.3 Å². The second-order valence-electron chi connectivity index (χ2n) is 6.51. The van der Waals surface area contributed by atoms with Crippen LogP contribution >= 0.6 is 0 Å². The molecule has 0 atom stereocenters. The normalized spacial score (nSPS) is 21.5. The molecule has 1 N–H and O–H groups in total. The zero-order chi connectivity index (χ0) is 14.3. The van der Waals surface area contributed by atoms with Crippen LogP contribution < -0.4 is 5.32 Å². The van der Waals surface area contributed by atoms with Crippen molar-refractivity contribution in [3.63, 3.8) is 0 Å². The van der Waals surface area contributed by atoms with Gasteiger partial charge in [0.2, 0.25) is 5.95 Å². The summed E-state index contributed by atoms with van der Waals surface area (Å²) in [7, 11) is 0. The summed E-state index contributed by atoms with van der Waals surface area (Å²) < 4.78 is 8.30. The molecule has 2 saturated carbocycles. The van der Waals surface area contributed by atoms with Crippen molar-refractivity contribution in [3.8, 4) is 0 Å². The zero-order valence-electron chi connectivity index (χ0n) is 13.1. The maximum Gasteiger partial charge on any atom is 0.203 e. The molecule has 0 unspecified atom stereocenters. The van der Waals surface area contributed by atoms with Gasteiger partial charge < -0.3 is 14.6 Å². The van der Waals surface area contributed by atoms with E-state index in [4.69, 9.17) is 4.74 Å². The highest BCUT2D eigenvalue weighted by Crippen LogP contribution is 2.30. The third kappa shape index (κ3) is 4.22. The van der Waals surface area contributed by atoms with Gasteiger partial charge >= 0.3 is 0 Å². The smallest absolute Gasteiger partial charge is 0.203 e. The largest absolute Gasteiger partial charge is 0.376 e. The Morgan fingerprint density at radius 1 is 1.05 bits per heavy atom. The van der Waals surface area contributed by atoms with Crippen LogP contribution in [0.4, 0.5) is 5.95 Å². The quantitative estimate of drug-likeness (QED) is 0.800. The number of anilines is 1. The summed E-state index contributed by atoms with van der Waals surface area (Å²) in [5.74, 6) is 1.02. The molecule has 1 aromatic rings. The molecule has 0 spiro atoms. The number of hydrogen-bond donors (Lipinski definition) is 1. The number of nitrogens with zero attached hydrogens (tertiary/aromatic N) is 2. The summed E-state index contributed by atoms with van der Waals surface area (Å²) in [4.78, 5) is 4.47. The molecule has 0 amide bonds. The predicted octanol–water partition coefficient (Wildman–Crippen LogP) is 4.15. The fourth-order valence-corrected chi connectivity index (χ4v) is 3.72. The minimum Gasteiger partial charge on any atom is -0.376 e. The van der Waals surface area contributed by atoms with Crippen molar-refractivity contribution in [1.29, 1.82) is 0 Å². The molecular weight excluding hydrogens is 262 g/mol. The first-order valence-electron chi connectivity index (χ1n) is 8.82. The average Bonchev–Trinajstić information content (AvgIpc) is 3.02. The molecule has 2 aliphatic carbocycles. The Labute approximate surface area is 128 Å². The van der Waals surface area contributed by atoms with Gasteiger partial charge in [-0.3, -0.25) is 0 Å². The molecule has 0 aliphatic heterocycles.